The van der Waals surface area contributed by atoms with Crippen LogP contribution in [0, 0.1) is 0 Å². The van der Waals surface area contributed by atoms with Gasteiger partial charge >= 0.3 is 5.97 Å². The highest BCUT2D eigenvalue weighted by Crippen LogP contribution is 2.07. The largest absolute Gasteiger partial charge is 0.481 e. The fourth-order valence-corrected chi connectivity index (χ4v) is 0.608. The number of hydrogen-bond donors (Lipinski definition) is 1. The molecular weight excluding hydrogens is 184 g/mol. The maximum atomic E-state index is 9.96. The molecule has 1 unspecified atom stereocenters. The Morgan fingerprint density at radius 2 is 2.44 bits per heavy atom. The average molecular weight is 193 g/mol. The first kappa shape index (κ1) is 8.69. The smallest absolute Gasteiger partial charge is 0.303 e. The molecule has 0 spiro atoms. The van der Waals surface area contributed by atoms with Crippen LogP contribution >= 0.6 is 15.9 Å². The van der Waals surface area contributed by atoms with E-state index in [0.29, 0.717) is 6.42 Å². The van der Waals surface area contributed by atoms with Gasteiger partial charge in [-0.15, -0.1) is 6.58 Å². The number of alkyl halides is 1. The van der Waals surface area contributed by atoms with Crippen molar-refractivity contribution in [3.63, 3.8) is 0 Å². The maximum absolute atomic E-state index is 9.96. The highest BCUT2D eigenvalue weighted by atomic mass is 79.9. The van der Waals surface area contributed by atoms with Crippen LogP contribution in [0.4, 0.5) is 0 Å². The lowest BCUT2D eigenvalue weighted by atomic mass is 10.2. The predicted octanol–water partition coefficient (Wildman–Crippen LogP) is 1.80. The highest BCUT2D eigenvalue weighted by molar-refractivity contribution is 9.09. The van der Waals surface area contributed by atoms with Crippen molar-refractivity contribution in [1.82, 2.24) is 0 Å². The summed E-state index contributed by atoms with van der Waals surface area (Å²) in [5.41, 5.74) is 0. The van der Waals surface area contributed by atoms with Crippen LogP contribution in [0.2, 0.25) is 0 Å². The number of aliphatic carboxylic acids is 1. The molecule has 3 heteroatoms. The van der Waals surface area contributed by atoms with Crippen molar-refractivity contribution in [2.45, 2.75) is 17.7 Å². The van der Waals surface area contributed by atoms with Crippen molar-refractivity contribution in [1.29, 1.82) is 0 Å². The van der Waals surface area contributed by atoms with Crippen LogP contribution in [-0.2, 0) is 4.79 Å². The van der Waals surface area contributed by atoms with Gasteiger partial charge in [-0.3, -0.25) is 4.79 Å². The summed E-state index contributed by atoms with van der Waals surface area (Å²) in [6.07, 6.45) is 2.49. The van der Waals surface area contributed by atoms with Crippen LogP contribution in [0.3, 0.4) is 0 Å². The molecule has 0 amide bonds. The van der Waals surface area contributed by atoms with Gasteiger partial charge in [0.15, 0.2) is 0 Å². The van der Waals surface area contributed by atoms with Crippen LogP contribution in [0.15, 0.2) is 12.7 Å². The maximum Gasteiger partial charge on any atom is 0.303 e. The molecular formula is C6H9BrO2. The zero-order chi connectivity index (χ0) is 7.28. The summed E-state index contributed by atoms with van der Waals surface area (Å²) in [7, 11) is 0. The molecule has 0 saturated heterocycles. The van der Waals surface area contributed by atoms with Gasteiger partial charge < -0.3 is 5.11 Å². The number of carbonyl (C=O) groups is 1. The molecule has 0 aromatic heterocycles. The van der Waals surface area contributed by atoms with Gasteiger partial charge in [0, 0.05) is 11.2 Å². The molecule has 0 radical (unpaired) electrons. The topological polar surface area (TPSA) is 37.3 Å². The first-order valence-corrected chi connectivity index (χ1v) is 3.57. The lowest BCUT2D eigenvalue weighted by molar-refractivity contribution is -0.137. The Morgan fingerprint density at radius 1 is 1.89 bits per heavy atom. The summed E-state index contributed by atoms with van der Waals surface area (Å²) in [5, 5.41) is 8.20. The first-order valence-electron chi connectivity index (χ1n) is 2.65. The van der Waals surface area contributed by atoms with Gasteiger partial charge in [0.1, 0.15) is 0 Å². The molecule has 0 rings (SSSR count). The molecule has 2 nitrogen and oxygen atoms in total. The monoisotopic (exact) mass is 192 g/mol. The van der Waals surface area contributed by atoms with Crippen molar-refractivity contribution in [3.05, 3.63) is 12.7 Å². The summed E-state index contributed by atoms with van der Waals surface area (Å²) in [4.78, 5) is 10.1. The van der Waals surface area contributed by atoms with Gasteiger partial charge in [-0.25, -0.2) is 0 Å². The number of carboxylic acid groups (broad SMARTS) is 1. The molecule has 0 aromatic rings. The quantitative estimate of drug-likeness (QED) is 0.545. The minimum atomic E-state index is -0.763. The minimum absolute atomic E-state index is 0.133. The van der Waals surface area contributed by atoms with Gasteiger partial charge in [-0.05, 0) is 6.42 Å². The van der Waals surface area contributed by atoms with Crippen molar-refractivity contribution < 1.29 is 9.90 Å². The van der Waals surface area contributed by atoms with E-state index >= 15 is 0 Å². The Labute approximate surface area is 62.7 Å². The normalized spacial score (nSPS) is 12.6. The highest BCUT2D eigenvalue weighted by Gasteiger charge is 2.01. The van der Waals surface area contributed by atoms with Crippen LogP contribution in [0.1, 0.15) is 12.8 Å². The molecule has 0 bridgehead atoms. The van der Waals surface area contributed by atoms with Crippen LogP contribution in [0.5, 0.6) is 0 Å². The molecule has 52 valence electrons. The number of carboxylic acids is 1. The summed E-state index contributed by atoms with van der Waals surface area (Å²) < 4.78 is 0. The van der Waals surface area contributed by atoms with E-state index in [2.05, 4.69) is 22.5 Å². The van der Waals surface area contributed by atoms with Gasteiger partial charge in [-0.2, -0.15) is 0 Å². The van der Waals surface area contributed by atoms with Gasteiger partial charge in [0.25, 0.3) is 0 Å². The fraction of sp³-hybridized carbons (Fsp3) is 0.500. The second-order valence-electron chi connectivity index (χ2n) is 1.68. The number of halogens is 1. The Morgan fingerprint density at radius 3 is 2.78 bits per heavy atom. The second-order valence-corrected chi connectivity index (χ2v) is 2.86. The van der Waals surface area contributed by atoms with Crippen molar-refractivity contribution in [3.8, 4) is 0 Å². The van der Waals surface area contributed by atoms with Crippen LogP contribution in [0.25, 0.3) is 0 Å². The Kier molecular flexibility index (Phi) is 4.40. The fourth-order valence-electron chi connectivity index (χ4n) is 0.379. The number of hydrogen-bond acceptors (Lipinski definition) is 1. The van der Waals surface area contributed by atoms with Crippen molar-refractivity contribution in [2.75, 3.05) is 0 Å². The molecule has 0 fully saturated rings. The molecule has 0 aliphatic carbocycles. The predicted molar refractivity (Wildman–Crippen MR) is 39.8 cm³/mol. The SMILES string of the molecule is C=CC(Br)CCC(=O)O. The second kappa shape index (κ2) is 4.56. The molecule has 0 saturated carbocycles. The van der Waals surface area contributed by atoms with Crippen LogP contribution < -0.4 is 0 Å². The molecule has 0 aliphatic heterocycles. The van der Waals surface area contributed by atoms with Crippen molar-refractivity contribution in [2.24, 2.45) is 0 Å². The van der Waals surface area contributed by atoms with Gasteiger partial charge in [-0.1, -0.05) is 22.0 Å². The summed E-state index contributed by atoms with van der Waals surface area (Å²) in [5.74, 6) is -0.763. The molecule has 9 heavy (non-hydrogen) atoms. The van der Waals surface area contributed by atoms with E-state index in [9.17, 15) is 4.79 Å². The molecule has 1 N–H and O–H groups in total. The van der Waals surface area contributed by atoms with E-state index < -0.39 is 5.97 Å². The summed E-state index contributed by atoms with van der Waals surface area (Å²) >= 11 is 3.22. The number of rotatable bonds is 4. The molecule has 0 aliphatic rings. The molecule has 0 heterocycles. The standard InChI is InChI=1S/C6H9BrO2/c1-2-5(7)3-4-6(8)9/h2,5H,1,3-4H2,(H,8,9). The zero-order valence-electron chi connectivity index (χ0n) is 5.01. The third-order valence-corrected chi connectivity index (χ3v) is 1.72. The van der Waals surface area contributed by atoms with E-state index in [4.69, 9.17) is 5.11 Å². The van der Waals surface area contributed by atoms with Crippen molar-refractivity contribution >= 4 is 21.9 Å². The van der Waals surface area contributed by atoms with E-state index in [1.807, 2.05) is 0 Å². The van der Waals surface area contributed by atoms with Gasteiger partial charge in [0.05, 0.1) is 0 Å². The third kappa shape index (κ3) is 5.56. The van der Waals surface area contributed by atoms with E-state index in [0.717, 1.165) is 0 Å². The molecule has 0 aromatic carbocycles. The lowest BCUT2D eigenvalue weighted by Crippen LogP contribution is -1.99. The minimum Gasteiger partial charge on any atom is -0.481 e. The zero-order valence-corrected chi connectivity index (χ0v) is 6.60. The van der Waals surface area contributed by atoms with Crippen LogP contribution in [-0.4, -0.2) is 15.9 Å². The Hall–Kier alpha value is -0.310. The van der Waals surface area contributed by atoms with E-state index in [-0.39, 0.29) is 11.2 Å². The Bertz CT molecular complexity index is 112. The summed E-state index contributed by atoms with van der Waals surface area (Å²) in [6, 6.07) is 0. The Balaban J connectivity index is 3.26. The average Bonchev–Trinajstić information content (AvgIpc) is 1.83. The lowest BCUT2D eigenvalue weighted by Gasteiger charge is -1.97. The van der Waals surface area contributed by atoms with E-state index in [1.165, 1.54) is 0 Å². The number of allylic oxidation sites excluding steroid dienone is 1. The molecule has 1 atom stereocenters. The summed E-state index contributed by atoms with van der Waals surface area (Å²) in [6.45, 7) is 3.50. The third-order valence-electron chi connectivity index (χ3n) is 0.890. The first-order chi connectivity index (χ1) is 4.16. The van der Waals surface area contributed by atoms with Gasteiger partial charge in [0.2, 0.25) is 0 Å². The van der Waals surface area contributed by atoms with E-state index in [1.54, 1.807) is 6.08 Å².